The van der Waals surface area contributed by atoms with Crippen molar-refractivity contribution in [2.75, 3.05) is 6.61 Å². The summed E-state index contributed by atoms with van der Waals surface area (Å²) in [5.74, 6) is -2.00. The molecule has 30 heavy (non-hydrogen) atoms. The number of alkyl carbamates (subject to hydrolysis) is 1. The smallest absolute Gasteiger partial charge is 0.416 e. The van der Waals surface area contributed by atoms with Crippen molar-refractivity contribution in [1.29, 1.82) is 0 Å². The molecule has 0 heterocycles. The first-order chi connectivity index (χ1) is 14.0. The van der Waals surface area contributed by atoms with Gasteiger partial charge in [-0.3, -0.25) is 0 Å². The molecule has 1 amide bonds. The van der Waals surface area contributed by atoms with Crippen LogP contribution in [0.25, 0.3) is 11.1 Å². The van der Waals surface area contributed by atoms with Gasteiger partial charge in [0.1, 0.15) is 12.6 Å². The lowest BCUT2D eigenvalue weighted by atomic mass is 9.96. The molecule has 1 aliphatic rings. The first-order valence-corrected chi connectivity index (χ1v) is 9.14. The third-order valence-electron chi connectivity index (χ3n) is 5.15. The maximum atomic E-state index is 12.8. The third kappa shape index (κ3) is 4.25. The van der Waals surface area contributed by atoms with Crippen molar-refractivity contribution in [3.05, 3.63) is 59.7 Å². The number of alkyl halides is 3. The Hall–Kier alpha value is -3.07. The number of carboxylic acids is 1. The normalized spacial score (nSPS) is 16.2. The number of amides is 1. The Kier molecular flexibility index (Phi) is 5.76. The number of hydrogen-bond donors (Lipinski definition) is 3. The second kappa shape index (κ2) is 7.98. The highest BCUT2D eigenvalue weighted by Gasteiger charge is 2.52. The number of aliphatic hydroxyl groups is 1. The number of ether oxygens (including phenoxy) is 1. The molecule has 9 heteroatoms. The van der Waals surface area contributed by atoms with Crippen LogP contribution >= 0.6 is 0 Å². The zero-order valence-corrected chi connectivity index (χ0v) is 15.9. The van der Waals surface area contributed by atoms with Crippen LogP contribution in [0.5, 0.6) is 0 Å². The van der Waals surface area contributed by atoms with Gasteiger partial charge in [0, 0.05) is 12.3 Å². The lowest BCUT2D eigenvalue weighted by molar-refractivity contribution is -0.256. The van der Waals surface area contributed by atoms with Crippen molar-refractivity contribution in [3.63, 3.8) is 0 Å². The van der Waals surface area contributed by atoms with Crippen LogP contribution in [0.1, 0.15) is 30.4 Å². The quantitative estimate of drug-likeness (QED) is 0.659. The predicted octanol–water partition coefficient (Wildman–Crippen LogP) is 3.68. The standard InChI is InChI=1S/C21H20F3NO5/c1-20(29,21(22,23)24)10-17(18(26)27)25-19(28)30-11-16-14-8-4-2-6-12(14)13-7-3-5-9-15(13)16/h2-9,16-17,29H,10-11H2,1H3,(H,25,28)(H,26,27). The van der Waals surface area contributed by atoms with Crippen molar-refractivity contribution in [1.82, 2.24) is 5.32 Å². The summed E-state index contributed by atoms with van der Waals surface area (Å²) in [6.07, 6.45) is -7.48. The lowest BCUT2D eigenvalue weighted by Gasteiger charge is -2.29. The van der Waals surface area contributed by atoms with E-state index in [0.717, 1.165) is 22.3 Å². The lowest BCUT2D eigenvalue weighted by Crippen LogP contribution is -2.51. The van der Waals surface area contributed by atoms with Crippen molar-refractivity contribution in [3.8, 4) is 11.1 Å². The molecule has 2 aromatic rings. The van der Waals surface area contributed by atoms with Gasteiger partial charge < -0.3 is 20.3 Å². The summed E-state index contributed by atoms with van der Waals surface area (Å²) >= 11 is 0. The minimum atomic E-state index is -5.05. The SMILES string of the molecule is CC(O)(CC(NC(=O)OCC1c2ccccc2-c2ccccc21)C(=O)O)C(F)(F)F. The van der Waals surface area contributed by atoms with E-state index in [4.69, 9.17) is 9.84 Å². The van der Waals surface area contributed by atoms with Gasteiger partial charge in [-0.05, 0) is 29.2 Å². The van der Waals surface area contributed by atoms with Crippen LogP contribution in [0, 0.1) is 0 Å². The second-order valence-electron chi connectivity index (χ2n) is 7.34. The van der Waals surface area contributed by atoms with Crippen molar-refractivity contribution in [2.24, 2.45) is 0 Å². The Labute approximate surface area is 170 Å². The molecule has 0 aromatic heterocycles. The second-order valence-corrected chi connectivity index (χ2v) is 7.34. The highest BCUT2D eigenvalue weighted by atomic mass is 19.4. The molecule has 3 rings (SSSR count). The van der Waals surface area contributed by atoms with E-state index >= 15 is 0 Å². The molecule has 0 aliphatic heterocycles. The Morgan fingerprint density at radius 1 is 1.07 bits per heavy atom. The molecule has 1 aliphatic carbocycles. The predicted molar refractivity (Wildman–Crippen MR) is 101 cm³/mol. The summed E-state index contributed by atoms with van der Waals surface area (Å²) in [6.45, 7) is 0.324. The van der Waals surface area contributed by atoms with Crippen molar-refractivity contribution >= 4 is 12.1 Å². The summed E-state index contributed by atoms with van der Waals surface area (Å²) in [5.41, 5.74) is 0.563. The fourth-order valence-corrected chi connectivity index (χ4v) is 3.50. The van der Waals surface area contributed by atoms with Crippen LogP contribution in [-0.4, -0.2) is 46.7 Å². The van der Waals surface area contributed by atoms with Crippen molar-refractivity contribution < 1.29 is 37.7 Å². The summed E-state index contributed by atoms with van der Waals surface area (Å²) in [4.78, 5) is 23.4. The van der Waals surface area contributed by atoms with Crippen LogP contribution in [0.4, 0.5) is 18.0 Å². The number of halogens is 3. The molecule has 0 bridgehead atoms. The van der Waals surface area contributed by atoms with Gasteiger partial charge in [0.05, 0.1) is 0 Å². The zero-order chi connectivity index (χ0) is 22.1. The molecular formula is C21H20F3NO5. The van der Waals surface area contributed by atoms with Gasteiger partial charge in [-0.1, -0.05) is 48.5 Å². The number of fused-ring (bicyclic) bond motifs is 3. The fraction of sp³-hybridized carbons (Fsp3) is 0.333. The van der Waals surface area contributed by atoms with E-state index < -0.39 is 36.3 Å². The fourth-order valence-electron chi connectivity index (χ4n) is 3.50. The Bertz CT molecular complexity index is 912. The van der Waals surface area contributed by atoms with Gasteiger partial charge in [0.25, 0.3) is 0 Å². The average Bonchev–Trinajstić information content (AvgIpc) is 2.98. The zero-order valence-electron chi connectivity index (χ0n) is 15.9. The van der Waals surface area contributed by atoms with Gasteiger partial charge in [-0.15, -0.1) is 0 Å². The van der Waals surface area contributed by atoms with Crippen LogP contribution in [0.2, 0.25) is 0 Å². The van der Waals surface area contributed by atoms with Gasteiger partial charge >= 0.3 is 18.2 Å². The minimum absolute atomic E-state index is 0.123. The number of nitrogens with one attached hydrogen (secondary N) is 1. The largest absolute Gasteiger partial charge is 0.480 e. The Balaban J connectivity index is 1.69. The van der Waals surface area contributed by atoms with E-state index in [2.05, 4.69) is 0 Å². The Morgan fingerprint density at radius 2 is 1.57 bits per heavy atom. The molecule has 0 radical (unpaired) electrons. The van der Waals surface area contributed by atoms with Gasteiger partial charge in [-0.25, -0.2) is 9.59 Å². The minimum Gasteiger partial charge on any atom is -0.480 e. The molecule has 0 saturated carbocycles. The summed E-state index contributed by atoms with van der Waals surface area (Å²) in [5, 5.41) is 20.6. The van der Waals surface area contributed by atoms with E-state index in [0.29, 0.717) is 6.92 Å². The number of carboxylic acid groups (broad SMARTS) is 1. The van der Waals surface area contributed by atoms with Crippen LogP contribution in [-0.2, 0) is 9.53 Å². The first kappa shape index (κ1) is 21.6. The highest BCUT2D eigenvalue weighted by Crippen LogP contribution is 2.44. The molecule has 160 valence electrons. The average molecular weight is 423 g/mol. The maximum Gasteiger partial charge on any atom is 0.416 e. The Morgan fingerprint density at radius 3 is 2.03 bits per heavy atom. The number of aliphatic carboxylic acids is 1. The van der Waals surface area contributed by atoms with E-state index in [9.17, 15) is 27.9 Å². The third-order valence-corrected chi connectivity index (χ3v) is 5.15. The molecule has 3 N–H and O–H groups in total. The number of hydrogen-bond acceptors (Lipinski definition) is 4. The highest BCUT2D eigenvalue weighted by molar-refractivity contribution is 5.81. The first-order valence-electron chi connectivity index (χ1n) is 9.14. The molecule has 0 fully saturated rings. The molecule has 6 nitrogen and oxygen atoms in total. The topological polar surface area (TPSA) is 95.9 Å². The monoisotopic (exact) mass is 423 g/mol. The summed E-state index contributed by atoms with van der Waals surface area (Å²) in [6, 6.07) is 13.1. The van der Waals surface area contributed by atoms with Gasteiger partial charge in [-0.2, -0.15) is 13.2 Å². The summed E-state index contributed by atoms with van der Waals surface area (Å²) in [7, 11) is 0. The van der Waals surface area contributed by atoms with Gasteiger partial charge in [0.15, 0.2) is 5.60 Å². The molecule has 0 saturated heterocycles. The molecule has 2 atom stereocenters. The number of rotatable bonds is 6. The van der Waals surface area contributed by atoms with E-state index in [1.807, 2.05) is 53.8 Å². The molecule has 0 spiro atoms. The molecule has 2 aromatic carbocycles. The van der Waals surface area contributed by atoms with E-state index in [1.165, 1.54) is 0 Å². The number of carbonyl (C=O) groups is 2. The number of carbonyl (C=O) groups excluding carboxylic acids is 1. The van der Waals surface area contributed by atoms with Crippen LogP contribution in [0.15, 0.2) is 48.5 Å². The van der Waals surface area contributed by atoms with E-state index in [1.54, 1.807) is 0 Å². The summed E-state index contributed by atoms with van der Waals surface area (Å²) < 4.78 is 43.7. The van der Waals surface area contributed by atoms with Gasteiger partial charge in [0.2, 0.25) is 0 Å². The number of benzene rings is 2. The maximum absolute atomic E-state index is 12.8. The van der Waals surface area contributed by atoms with Crippen LogP contribution < -0.4 is 5.32 Å². The van der Waals surface area contributed by atoms with Crippen LogP contribution in [0.3, 0.4) is 0 Å². The molecular weight excluding hydrogens is 403 g/mol. The molecule has 2 unspecified atom stereocenters. The van der Waals surface area contributed by atoms with E-state index in [-0.39, 0.29) is 12.5 Å². The van der Waals surface area contributed by atoms with Crippen molar-refractivity contribution in [2.45, 2.75) is 37.1 Å².